The van der Waals surface area contributed by atoms with Crippen molar-refractivity contribution in [2.24, 2.45) is 0 Å². The lowest BCUT2D eigenvalue weighted by atomic mass is 10.4. The smallest absolute Gasteiger partial charge is 0.150 e. The molecule has 0 aliphatic rings. The van der Waals surface area contributed by atoms with Crippen LogP contribution in [0.5, 0.6) is 0 Å². The van der Waals surface area contributed by atoms with Gasteiger partial charge in [0.15, 0.2) is 0 Å². The van der Waals surface area contributed by atoms with Gasteiger partial charge in [0.2, 0.25) is 0 Å². The molecule has 0 saturated heterocycles. The second-order valence-electron chi connectivity index (χ2n) is 2.46. The third-order valence-corrected chi connectivity index (χ3v) is 1.23. The molecule has 62 valence electrons. The molecule has 1 heterocycles. The molecule has 0 aliphatic carbocycles. The van der Waals surface area contributed by atoms with Crippen LogP contribution < -0.4 is 5.32 Å². The van der Waals surface area contributed by atoms with Gasteiger partial charge in [-0.05, 0) is 6.92 Å². The first-order valence-corrected chi connectivity index (χ1v) is 3.57. The van der Waals surface area contributed by atoms with Crippen molar-refractivity contribution >= 4 is 0 Å². The van der Waals surface area contributed by atoms with E-state index in [0.29, 0.717) is 13.1 Å². The van der Waals surface area contributed by atoms with Crippen molar-refractivity contribution in [3.8, 4) is 0 Å². The van der Waals surface area contributed by atoms with Crippen molar-refractivity contribution in [2.45, 2.75) is 19.6 Å². The summed E-state index contributed by atoms with van der Waals surface area (Å²) in [4.78, 5) is 0. The maximum absolute atomic E-state index is 8.87. The predicted octanol–water partition coefficient (Wildman–Crippen LogP) is 0.145. The molecule has 2 N–H and O–H groups in total. The van der Waals surface area contributed by atoms with E-state index < -0.39 is 0 Å². The molecule has 1 atom stereocenters. The largest absolute Gasteiger partial charge is 0.392 e. The van der Waals surface area contributed by atoms with Gasteiger partial charge in [-0.1, -0.05) is 5.16 Å². The Hall–Kier alpha value is -0.870. The average Bonchev–Trinajstić information content (AvgIpc) is 2.39. The Morgan fingerprint density at radius 3 is 3.18 bits per heavy atom. The van der Waals surface area contributed by atoms with Crippen molar-refractivity contribution in [3.05, 3.63) is 18.0 Å². The molecule has 4 nitrogen and oxygen atoms in total. The topological polar surface area (TPSA) is 58.3 Å². The van der Waals surface area contributed by atoms with Crippen LogP contribution in [0.2, 0.25) is 0 Å². The minimum absolute atomic E-state index is 0.321. The van der Waals surface area contributed by atoms with Crippen LogP contribution in [0.4, 0.5) is 0 Å². The minimum atomic E-state index is -0.321. The van der Waals surface area contributed by atoms with Crippen LogP contribution in [-0.2, 0) is 6.54 Å². The fraction of sp³-hybridized carbons (Fsp3) is 0.571. The van der Waals surface area contributed by atoms with E-state index in [9.17, 15) is 0 Å². The number of nitrogens with one attached hydrogen (secondary N) is 1. The molecule has 0 radical (unpaired) electrons. The molecule has 1 aromatic heterocycles. The van der Waals surface area contributed by atoms with E-state index >= 15 is 0 Å². The summed E-state index contributed by atoms with van der Waals surface area (Å²) in [6, 6.07) is 1.79. The standard InChI is InChI=1S/C7H12N2O2/c1-6(10)4-8-5-7-2-3-9-11-7/h2-3,6,8,10H,4-5H2,1H3/t6-/m0/s1. The summed E-state index contributed by atoms with van der Waals surface area (Å²) in [6.07, 6.45) is 1.28. The molecule has 0 unspecified atom stereocenters. The van der Waals surface area contributed by atoms with Gasteiger partial charge in [-0.3, -0.25) is 0 Å². The highest BCUT2D eigenvalue weighted by Crippen LogP contribution is 1.94. The van der Waals surface area contributed by atoms with Gasteiger partial charge in [-0.25, -0.2) is 0 Å². The molecule has 0 bridgehead atoms. The fourth-order valence-electron chi connectivity index (χ4n) is 0.738. The average molecular weight is 156 g/mol. The fourth-order valence-corrected chi connectivity index (χ4v) is 0.738. The van der Waals surface area contributed by atoms with Crippen molar-refractivity contribution in [2.75, 3.05) is 6.54 Å². The maximum atomic E-state index is 8.87. The highest BCUT2D eigenvalue weighted by molar-refractivity contribution is 4.91. The Balaban J connectivity index is 2.14. The highest BCUT2D eigenvalue weighted by Gasteiger charge is 1.97. The first-order chi connectivity index (χ1) is 5.29. The van der Waals surface area contributed by atoms with E-state index in [-0.39, 0.29) is 6.10 Å². The van der Waals surface area contributed by atoms with Crippen LogP contribution in [0.3, 0.4) is 0 Å². The lowest BCUT2D eigenvalue weighted by Gasteiger charge is -2.03. The summed E-state index contributed by atoms with van der Waals surface area (Å²) >= 11 is 0. The second-order valence-corrected chi connectivity index (χ2v) is 2.46. The number of nitrogens with zero attached hydrogens (tertiary/aromatic N) is 1. The van der Waals surface area contributed by atoms with E-state index in [4.69, 9.17) is 9.63 Å². The zero-order valence-electron chi connectivity index (χ0n) is 6.45. The van der Waals surface area contributed by atoms with Crippen LogP contribution in [0.25, 0.3) is 0 Å². The first-order valence-electron chi connectivity index (χ1n) is 3.57. The molecule has 0 aromatic carbocycles. The van der Waals surface area contributed by atoms with E-state index in [1.807, 2.05) is 0 Å². The highest BCUT2D eigenvalue weighted by atomic mass is 16.5. The third-order valence-electron chi connectivity index (χ3n) is 1.23. The molecule has 1 aromatic rings. The lowest BCUT2D eigenvalue weighted by Crippen LogP contribution is -2.23. The normalized spacial score (nSPS) is 13.3. The summed E-state index contributed by atoms with van der Waals surface area (Å²) in [5, 5.41) is 15.4. The summed E-state index contributed by atoms with van der Waals surface area (Å²) < 4.78 is 4.82. The maximum Gasteiger partial charge on any atom is 0.150 e. The van der Waals surface area contributed by atoms with E-state index in [2.05, 4.69) is 10.5 Å². The van der Waals surface area contributed by atoms with Crippen LogP contribution in [0.15, 0.2) is 16.8 Å². The van der Waals surface area contributed by atoms with Gasteiger partial charge in [0, 0.05) is 12.6 Å². The summed E-state index contributed by atoms with van der Waals surface area (Å²) in [6.45, 7) is 2.92. The van der Waals surface area contributed by atoms with E-state index in [0.717, 1.165) is 5.76 Å². The Morgan fingerprint density at radius 2 is 2.64 bits per heavy atom. The molecular formula is C7H12N2O2. The third kappa shape index (κ3) is 3.15. The minimum Gasteiger partial charge on any atom is -0.392 e. The summed E-state index contributed by atoms with van der Waals surface area (Å²) in [7, 11) is 0. The molecule has 0 amide bonds. The van der Waals surface area contributed by atoms with E-state index in [1.54, 1.807) is 19.2 Å². The predicted molar refractivity (Wildman–Crippen MR) is 39.9 cm³/mol. The number of aliphatic hydroxyl groups excluding tert-OH is 1. The molecule has 0 spiro atoms. The number of rotatable bonds is 4. The Bertz CT molecular complexity index is 184. The monoisotopic (exact) mass is 156 g/mol. The van der Waals surface area contributed by atoms with Crippen molar-refractivity contribution < 1.29 is 9.63 Å². The first kappa shape index (κ1) is 8.23. The molecule has 4 heteroatoms. The van der Waals surface area contributed by atoms with Crippen molar-refractivity contribution in [1.82, 2.24) is 10.5 Å². The molecule has 0 aliphatic heterocycles. The zero-order valence-corrected chi connectivity index (χ0v) is 6.45. The van der Waals surface area contributed by atoms with Crippen LogP contribution in [0, 0.1) is 0 Å². The van der Waals surface area contributed by atoms with Crippen molar-refractivity contribution in [1.29, 1.82) is 0 Å². The number of hydrogen-bond donors (Lipinski definition) is 2. The lowest BCUT2D eigenvalue weighted by molar-refractivity contribution is 0.189. The van der Waals surface area contributed by atoms with Gasteiger partial charge in [-0.15, -0.1) is 0 Å². The summed E-state index contributed by atoms with van der Waals surface area (Å²) in [5.41, 5.74) is 0. The molecule has 0 fully saturated rings. The summed E-state index contributed by atoms with van der Waals surface area (Å²) in [5.74, 6) is 0.783. The second kappa shape index (κ2) is 4.10. The SMILES string of the molecule is C[C@H](O)CNCc1ccno1. The molecule has 0 saturated carbocycles. The van der Waals surface area contributed by atoms with Gasteiger partial charge in [0.05, 0.1) is 18.8 Å². The van der Waals surface area contributed by atoms with Gasteiger partial charge in [-0.2, -0.15) is 0 Å². The molecule has 1 rings (SSSR count). The Kier molecular flexibility index (Phi) is 3.07. The van der Waals surface area contributed by atoms with E-state index in [1.165, 1.54) is 0 Å². The number of aromatic nitrogens is 1. The quantitative estimate of drug-likeness (QED) is 0.651. The Labute approximate surface area is 65.2 Å². The van der Waals surface area contributed by atoms with Crippen LogP contribution in [0.1, 0.15) is 12.7 Å². The van der Waals surface area contributed by atoms with Gasteiger partial charge >= 0.3 is 0 Å². The Morgan fingerprint density at radius 1 is 1.82 bits per heavy atom. The van der Waals surface area contributed by atoms with Gasteiger partial charge in [0.1, 0.15) is 5.76 Å². The zero-order chi connectivity index (χ0) is 8.10. The van der Waals surface area contributed by atoms with Gasteiger partial charge in [0.25, 0.3) is 0 Å². The molecule has 11 heavy (non-hydrogen) atoms. The van der Waals surface area contributed by atoms with Crippen LogP contribution in [-0.4, -0.2) is 22.9 Å². The number of hydrogen-bond acceptors (Lipinski definition) is 4. The molecular weight excluding hydrogens is 144 g/mol. The number of aliphatic hydroxyl groups is 1. The van der Waals surface area contributed by atoms with Crippen LogP contribution >= 0.6 is 0 Å². The van der Waals surface area contributed by atoms with Gasteiger partial charge < -0.3 is 14.9 Å². The van der Waals surface area contributed by atoms with Crippen molar-refractivity contribution in [3.63, 3.8) is 0 Å².